The zero-order valence-corrected chi connectivity index (χ0v) is 11.4. The van der Waals surface area contributed by atoms with Crippen LogP contribution in [0.4, 0.5) is 0 Å². The first kappa shape index (κ1) is 13.6. The van der Waals surface area contributed by atoms with Gasteiger partial charge in [0, 0.05) is 6.54 Å². The van der Waals surface area contributed by atoms with E-state index in [1.807, 2.05) is 25.1 Å². The lowest BCUT2D eigenvalue weighted by molar-refractivity contribution is 0.584. The van der Waals surface area contributed by atoms with E-state index < -0.39 is 5.69 Å². The average Bonchev–Trinajstić information content (AvgIpc) is 2.39. The maximum atomic E-state index is 12.4. The highest BCUT2D eigenvalue weighted by molar-refractivity contribution is 6.32. The fourth-order valence-electron chi connectivity index (χ4n) is 1.92. The zero-order valence-electron chi connectivity index (χ0n) is 10.6. The highest BCUT2D eigenvalue weighted by Gasteiger charge is 2.13. The molecule has 100 valence electrons. The highest BCUT2D eigenvalue weighted by atomic mass is 35.5. The normalized spacial score (nSPS) is 10.6. The molecule has 0 radical (unpaired) electrons. The first-order valence-electron chi connectivity index (χ1n) is 6.23. The maximum absolute atomic E-state index is 12.4. The van der Waals surface area contributed by atoms with E-state index in [9.17, 15) is 9.59 Å². The largest absolute Gasteiger partial charge is 0.329 e. The molecule has 0 unspecified atom stereocenters. The van der Waals surface area contributed by atoms with Gasteiger partial charge < -0.3 is 0 Å². The van der Waals surface area contributed by atoms with Gasteiger partial charge in [0.25, 0.3) is 5.56 Å². The van der Waals surface area contributed by atoms with Crippen LogP contribution in [0.1, 0.15) is 19.8 Å². The van der Waals surface area contributed by atoms with Crippen LogP contribution >= 0.6 is 11.6 Å². The van der Waals surface area contributed by atoms with Gasteiger partial charge in [-0.15, -0.1) is 0 Å². The Labute approximate surface area is 115 Å². The fourth-order valence-corrected chi connectivity index (χ4v) is 2.19. The van der Waals surface area contributed by atoms with Gasteiger partial charge in [0.1, 0.15) is 5.15 Å². The van der Waals surface area contributed by atoms with Crippen molar-refractivity contribution < 1.29 is 0 Å². The van der Waals surface area contributed by atoms with Crippen LogP contribution in [0.5, 0.6) is 0 Å². The molecule has 0 aliphatic rings. The van der Waals surface area contributed by atoms with Gasteiger partial charge in [-0.3, -0.25) is 14.3 Å². The van der Waals surface area contributed by atoms with E-state index in [0.29, 0.717) is 17.7 Å². The number of aromatic nitrogens is 2. The third-order valence-electron chi connectivity index (χ3n) is 2.94. The Balaban J connectivity index is 2.62. The third kappa shape index (κ3) is 2.79. The van der Waals surface area contributed by atoms with Crippen molar-refractivity contribution in [3.63, 3.8) is 0 Å². The van der Waals surface area contributed by atoms with E-state index in [4.69, 9.17) is 11.6 Å². The number of nitrogens with one attached hydrogen (secondary N) is 1. The molecule has 0 aliphatic carbocycles. The van der Waals surface area contributed by atoms with Crippen LogP contribution in [0.15, 0.2) is 39.9 Å². The number of aromatic amines is 1. The summed E-state index contributed by atoms with van der Waals surface area (Å²) >= 11 is 6.01. The number of nitrogens with zero attached hydrogens (tertiary/aromatic N) is 1. The van der Waals surface area contributed by atoms with Crippen LogP contribution in [-0.2, 0) is 6.54 Å². The molecule has 0 saturated heterocycles. The standard InChI is InChI=1S/C14H15ClN2O2/c1-2-3-9-17-13(18)11(12(15)16-14(17)19)10-7-5-4-6-8-10/h4-8H,2-3,9H2,1H3,(H,16,19). The molecule has 0 atom stereocenters. The predicted molar refractivity (Wildman–Crippen MR) is 76.7 cm³/mol. The molecule has 1 heterocycles. The van der Waals surface area contributed by atoms with Gasteiger partial charge in [-0.2, -0.15) is 0 Å². The number of halogens is 1. The van der Waals surface area contributed by atoms with Crippen LogP contribution in [0.2, 0.25) is 5.15 Å². The van der Waals surface area contributed by atoms with E-state index in [0.717, 1.165) is 12.8 Å². The lowest BCUT2D eigenvalue weighted by Crippen LogP contribution is -2.36. The number of H-pyrrole nitrogens is 1. The summed E-state index contributed by atoms with van der Waals surface area (Å²) in [6.07, 6.45) is 1.69. The smallest absolute Gasteiger partial charge is 0.297 e. The number of benzene rings is 1. The summed E-state index contributed by atoms with van der Waals surface area (Å²) in [5, 5.41) is 0.0916. The summed E-state index contributed by atoms with van der Waals surface area (Å²) in [4.78, 5) is 26.7. The van der Waals surface area contributed by atoms with E-state index in [1.165, 1.54) is 4.57 Å². The van der Waals surface area contributed by atoms with Crippen molar-refractivity contribution in [1.29, 1.82) is 0 Å². The Morgan fingerprint density at radius 3 is 2.53 bits per heavy atom. The number of hydrogen-bond acceptors (Lipinski definition) is 2. The number of rotatable bonds is 4. The minimum absolute atomic E-state index is 0.0916. The minimum atomic E-state index is -0.455. The van der Waals surface area contributed by atoms with Crippen molar-refractivity contribution >= 4 is 11.6 Å². The van der Waals surface area contributed by atoms with Crippen LogP contribution < -0.4 is 11.2 Å². The molecule has 5 heteroatoms. The Hall–Kier alpha value is -1.81. The lowest BCUT2D eigenvalue weighted by atomic mass is 10.1. The number of hydrogen-bond donors (Lipinski definition) is 1. The average molecular weight is 279 g/mol. The van der Waals surface area contributed by atoms with Gasteiger partial charge in [-0.1, -0.05) is 55.3 Å². The van der Waals surface area contributed by atoms with Crippen molar-refractivity contribution in [3.8, 4) is 11.1 Å². The van der Waals surface area contributed by atoms with Gasteiger partial charge in [0.05, 0.1) is 5.56 Å². The van der Waals surface area contributed by atoms with Crippen molar-refractivity contribution in [3.05, 3.63) is 56.3 Å². The summed E-state index contributed by atoms with van der Waals surface area (Å²) in [7, 11) is 0. The summed E-state index contributed by atoms with van der Waals surface area (Å²) in [6, 6.07) is 9.11. The van der Waals surface area contributed by atoms with Crippen molar-refractivity contribution in [1.82, 2.24) is 9.55 Å². The molecule has 0 fully saturated rings. The van der Waals surface area contributed by atoms with Crippen molar-refractivity contribution in [2.75, 3.05) is 0 Å². The van der Waals surface area contributed by atoms with E-state index in [2.05, 4.69) is 4.98 Å². The van der Waals surface area contributed by atoms with Crippen LogP contribution in [0, 0.1) is 0 Å². The van der Waals surface area contributed by atoms with Crippen LogP contribution in [0.25, 0.3) is 11.1 Å². The molecule has 2 rings (SSSR count). The molecule has 4 nitrogen and oxygen atoms in total. The molecule has 1 aromatic heterocycles. The zero-order chi connectivity index (χ0) is 13.8. The second kappa shape index (κ2) is 5.89. The lowest BCUT2D eigenvalue weighted by Gasteiger charge is -2.08. The molecule has 0 spiro atoms. The van der Waals surface area contributed by atoms with Crippen LogP contribution in [0.3, 0.4) is 0 Å². The predicted octanol–water partition coefficient (Wildman–Crippen LogP) is 2.66. The molecule has 0 aliphatic heterocycles. The molecular formula is C14H15ClN2O2. The molecule has 0 saturated carbocycles. The molecule has 1 N–H and O–H groups in total. The van der Waals surface area contributed by atoms with Gasteiger partial charge in [-0.25, -0.2) is 4.79 Å². The summed E-state index contributed by atoms with van der Waals surface area (Å²) in [5.74, 6) is 0. The van der Waals surface area contributed by atoms with Gasteiger partial charge >= 0.3 is 5.69 Å². The Bertz CT molecular complexity index is 674. The third-order valence-corrected chi connectivity index (χ3v) is 3.22. The van der Waals surface area contributed by atoms with Gasteiger partial charge in [-0.05, 0) is 12.0 Å². The molecule has 2 aromatic rings. The topological polar surface area (TPSA) is 54.9 Å². The van der Waals surface area contributed by atoms with E-state index in [-0.39, 0.29) is 10.7 Å². The second-order valence-electron chi connectivity index (χ2n) is 4.30. The van der Waals surface area contributed by atoms with Crippen molar-refractivity contribution in [2.24, 2.45) is 0 Å². The van der Waals surface area contributed by atoms with E-state index in [1.54, 1.807) is 12.1 Å². The molecule has 19 heavy (non-hydrogen) atoms. The Morgan fingerprint density at radius 1 is 1.21 bits per heavy atom. The molecular weight excluding hydrogens is 264 g/mol. The maximum Gasteiger partial charge on any atom is 0.329 e. The summed E-state index contributed by atoms with van der Waals surface area (Å²) < 4.78 is 1.21. The first-order valence-corrected chi connectivity index (χ1v) is 6.61. The highest BCUT2D eigenvalue weighted by Crippen LogP contribution is 2.20. The fraction of sp³-hybridized carbons (Fsp3) is 0.286. The molecule has 0 amide bonds. The number of unbranched alkanes of at least 4 members (excludes halogenated alkanes) is 1. The molecule has 0 bridgehead atoms. The van der Waals surface area contributed by atoms with Gasteiger partial charge in [0.2, 0.25) is 0 Å². The van der Waals surface area contributed by atoms with Crippen molar-refractivity contribution in [2.45, 2.75) is 26.3 Å². The monoisotopic (exact) mass is 278 g/mol. The van der Waals surface area contributed by atoms with E-state index >= 15 is 0 Å². The molecule has 1 aromatic carbocycles. The Morgan fingerprint density at radius 2 is 1.89 bits per heavy atom. The minimum Gasteiger partial charge on any atom is -0.297 e. The van der Waals surface area contributed by atoms with Gasteiger partial charge in [0.15, 0.2) is 0 Å². The SMILES string of the molecule is CCCCn1c(=O)[nH]c(Cl)c(-c2ccccc2)c1=O. The quantitative estimate of drug-likeness (QED) is 0.874. The summed E-state index contributed by atoms with van der Waals surface area (Å²) in [6.45, 7) is 2.41. The summed E-state index contributed by atoms with van der Waals surface area (Å²) in [5.41, 5.74) is 0.258. The van der Waals surface area contributed by atoms with Crippen LogP contribution in [-0.4, -0.2) is 9.55 Å². The Kier molecular flexibility index (Phi) is 4.22. The second-order valence-corrected chi connectivity index (χ2v) is 4.67. The first-order chi connectivity index (χ1) is 9.15.